The Bertz CT molecular complexity index is 964. The predicted octanol–water partition coefficient (Wildman–Crippen LogP) is 3.10. The Morgan fingerprint density at radius 2 is 1.87 bits per heavy atom. The molecular weight excluding hydrogens is 400 g/mol. The number of nitrogens with zero attached hydrogens (tertiary/aromatic N) is 5. The first-order chi connectivity index (χ1) is 14.7. The molecule has 8 nitrogen and oxygen atoms in total. The summed E-state index contributed by atoms with van der Waals surface area (Å²) in [5.41, 5.74) is 2.09. The number of piperazine rings is 1. The van der Waals surface area contributed by atoms with Crippen molar-refractivity contribution in [2.45, 2.75) is 13.5 Å². The van der Waals surface area contributed by atoms with Crippen molar-refractivity contribution in [3.8, 4) is 16.6 Å². The number of benzene rings is 1. The van der Waals surface area contributed by atoms with Gasteiger partial charge in [0.1, 0.15) is 0 Å². The lowest BCUT2D eigenvalue weighted by atomic mass is 10.2. The summed E-state index contributed by atoms with van der Waals surface area (Å²) >= 11 is 1.63. The summed E-state index contributed by atoms with van der Waals surface area (Å²) < 4.78 is 13.1. The van der Waals surface area contributed by atoms with Crippen LogP contribution in [0, 0.1) is 0 Å². The minimum absolute atomic E-state index is 0.593. The highest BCUT2D eigenvalue weighted by Gasteiger charge is 2.19. The minimum atomic E-state index is 0.593. The van der Waals surface area contributed by atoms with Gasteiger partial charge < -0.3 is 24.6 Å². The van der Waals surface area contributed by atoms with Crippen LogP contribution < -0.4 is 19.7 Å². The van der Waals surface area contributed by atoms with E-state index in [0.717, 1.165) is 59.3 Å². The number of methoxy groups -OCH3 is 1. The molecule has 2 aromatic heterocycles. The van der Waals surface area contributed by atoms with E-state index in [9.17, 15) is 0 Å². The van der Waals surface area contributed by atoms with Gasteiger partial charge in [0.2, 0.25) is 10.3 Å². The van der Waals surface area contributed by atoms with E-state index in [1.54, 1.807) is 18.4 Å². The Morgan fingerprint density at radius 1 is 1.07 bits per heavy atom. The molecule has 1 aliphatic heterocycles. The first-order valence-electron chi connectivity index (χ1n) is 10.2. The van der Waals surface area contributed by atoms with Crippen LogP contribution in [0.15, 0.2) is 36.5 Å². The van der Waals surface area contributed by atoms with E-state index >= 15 is 0 Å². The quantitative estimate of drug-likeness (QED) is 0.591. The molecule has 0 unspecified atom stereocenters. The zero-order valence-corrected chi connectivity index (χ0v) is 18.5. The van der Waals surface area contributed by atoms with Gasteiger partial charge in [0.25, 0.3) is 0 Å². The average Bonchev–Trinajstić information content (AvgIpc) is 3.42. The summed E-state index contributed by atoms with van der Waals surface area (Å²) in [5, 5.41) is 14.2. The molecular formula is C21H28N6O2S. The Hall–Kier alpha value is -2.78. The zero-order valence-electron chi connectivity index (χ0n) is 17.7. The normalized spacial score (nSPS) is 14.7. The highest BCUT2D eigenvalue weighted by atomic mass is 32.1. The van der Waals surface area contributed by atoms with E-state index in [-0.39, 0.29) is 0 Å². The smallest absolute Gasteiger partial charge is 0.218 e. The first kappa shape index (κ1) is 20.5. The summed E-state index contributed by atoms with van der Waals surface area (Å²) in [5.74, 6) is 1.47. The van der Waals surface area contributed by atoms with Crippen LogP contribution in [0.25, 0.3) is 5.13 Å². The number of anilines is 2. The Morgan fingerprint density at radius 3 is 2.63 bits per heavy atom. The molecule has 1 N–H and O–H groups in total. The largest absolute Gasteiger partial charge is 0.493 e. The monoisotopic (exact) mass is 428 g/mol. The third kappa shape index (κ3) is 4.52. The molecule has 0 atom stereocenters. The summed E-state index contributed by atoms with van der Waals surface area (Å²) in [6.07, 6.45) is 2.03. The van der Waals surface area contributed by atoms with Crippen molar-refractivity contribution in [1.82, 2.24) is 19.7 Å². The summed E-state index contributed by atoms with van der Waals surface area (Å²) in [6.45, 7) is 7.31. The van der Waals surface area contributed by atoms with Crippen LogP contribution in [0.5, 0.6) is 11.5 Å². The van der Waals surface area contributed by atoms with Crippen LogP contribution in [-0.2, 0) is 6.54 Å². The van der Waals surface area contributed by atoms with Crippen LogP contribution in [0.3, 0.4) is 0 Å². The van der Waals surface area contributed by atoms with Crippen molar-refractivity contribution in [2.75, 3.05) is 57.2 Å². The van der Waals surface area contributed by atoms with Crippen LogP contribution in [0.2, 0.25) is 0 Å². The van der Waals surface area contributed by atoms with Crippen LogP contribution in [-0.4, -0.2) is 66.6 Å². The number of likely N-dealkylation sites (N-methyl/N-ethyl adjacent to an activating group) is 1. The zero-order chi connectivity index (χ0) is 20.9. The van der Waals surface area contributed by atoms with Crippen molar-refractivity contribution in [1.29, 1.82) is 0 Å². The van der Waals surface area contributed by atoms with Gasteiger partial charge in [-0.3, -0.25) is 4.57 Å². The number of hydrogen-bond donors (Lipinski definition) is 1. The molecule has 0 saturated carbocycles. The molecule has 4 rings (SSSR count). The molecule has 0 spiro atoms. The lowest BCUT2D eigenvalue weighted by Crippen LogP contribution is -2.44. The molecule has 1 aliphatic rings. The number of aromatic nitrogens is 3. The topological polar surface area (TPSA) is 67.7 Å². The third-order valence-corrected chi connectivity index (χ3v) is 6.14. The molecule has 0 amide bonds. The number of rotatable bonds is 8. The fourth-order valence-electron chi connectivity index (χ4n) is 3.43. The molecule has 9 heteroatoms. The lowest BCUT2D eigenvalue weighted by molar-refractivity contribution is 0.311. The summed E-state index contributed by atoms with van der Waals surface area (Å²) in [4.78, 5) is 4.65. The van der Waals surface area contributed by atoms with Gasteiger partial charge in [-0.1, -0.05) is 11.3 Å². The molecule has 0 bridgehead atoms. The second-order valence-corrected chi connectivity index (χ2v) is 8.11. The summed E-state index contributed by atoms with van der Waals surface area (Å²) in [6, 6.07) is 10.0. The number of ether oxygens (including phenoxy) is 2. The Labute approximate surface area is 181 Å². The standard InChI is InChI=1S/C21H28N6O2S/c1-4-29-19-14-16(7-8-18(19)28-3)22-15-17-6-5-9-27(17)21-24-23-20(30-21)26-12-10-25(2)11-13-26/h5-9,14,22H,4,10-13,15H2,1-3H3. The second-order valence-electron chi connectivity index (χ2n) is 7.18. The average molecular weight is 429 g/mol. The van der Waals surface area contributed by atoms with E-state index in [4.69, 9.17) is 9.47 Å². The lowest BCUT2D eigenvalue weighted by Gasteiger charge is -2.31. The van der Waals surface area contributed by atoms with E-state index in [1.165, 1.54) is 0 Å². The minimum Gasteiger partial charge on any atom is -0.493 e. The van der Waals surface area contributed by atoms with Crippen molar-refractivity contribution in [3.05, 3.63) is 42.2 Å². The fourth-order valence-corrected chi connectivity index (χ4v) is 4.34. The van der Waals surface area contributed by atoms with Gasteiger partial charge in [-0.15, -0.1) is 10.2 Å². The molecule has 0 radical (unpaired) electrons. The molecule has 3 aromatic rings. The van der Waals surface area contributed by atoms with Gasteiger partial charge in [-0.05, 0) is 38.2 Å². The third-order valence-electron chi connectivity index (χ3n) is 5.15. The molecule has 0 aliphatic carbocycles. The molecule has 1 saturated heterocycles. The van der Waals surface area contributed by atoms with Crippen molar-refractivity contribution < 1.29 is 9.47 Å². The van der Waals surface area contributed by atoms with Gasteiger partial charge in [-0.2, -0.15) is 0 Å². The van der Waals surface area contributed by atoms with Gasteiger partial charge in [0, 0.05) is 49.8 Å². The molecule has 1 fully saturated rings. The Balaban J connectivity index is 1.45. The SMILES string of the molecule is CCOc1cc(NCc2cccn2-c2nnc(N3CCN(C)CC3)s2)ccc1OC. The molecule has 3 heterocycles. The van der Waals surface area contributed by atoms with E-state index in [0.29, 0.717) is 13.2 Å². The Kier molecular flexibility index (Phi) is 6.39. The van der Waals surface area contributed by atoms with Gasteiger partial charge >= 0.3 is 0 Å². The summed E-state index contributed by atoms with van der Waals surface area (Å²) in [7, 11) is 3.80. The predicted molar refractivity (Wildman–Crippen MR) is 120 cm³/mol. The first-order valence-corrected chi connectivity index (χ1v) is 11.0. The highest BCUT2D eigenvalue weighted by molar-refractivity contribution is 7.17. The van der Waals surface area contributed by atoms with E-state index in [1.807, 2.05) is 37.4 Å². The van der Waals surface area contributed by atoms with Gasteiger partial charge in [0.15, 0.2) is 11.5 Å². The maximum Gasteiger partial charge on any atom is 0.218 e. The van der Waals surface area contributed by atoms with Gasteiger partial charge in [0.05, 0.1) is 20.3 Å². The van der Waals surface area contributed by atoms with Crippen molar-refractivity contribution in [2.24, 2.45) is 0 Å². The van der Waals surface area contributed by atoms with Crippen LogP contribution >= 0.6 is 11.3 Å². The van der Waals surface area contributed by atoms with E-state index < -0.39 is 0 Å². The molecule has 1 aromatic carbocycles. The number of hydrogen-bond acceptors (Lipinski definition) is 8. The highest BCUT2D eigenvalue weighted by Crippen LogP contribution is 2.31. The van der Waals surface area contributed by atoms with Gasteiger partial charge in [-0.25, -0.2) is 0 Å². The fraction of sp³-hybridized carbons (Fsp3) is 0.429. The number of nitrogens with one attached hydrogen (secondary N) is 1. The van der Waals surface area contributed by atoms with Crippen LogP contribution in [0.4, 0.5) is 10.8 Å². The maximum absolute atomic E-state index is 5.67. The van der Waals surface area contributed by atoms with Crippen molar-refractivity contribution in [3.63, 3.8) is 0 Å². The molecule has 160 valence electrons. The molecule has 30 heavy (non-hydrogen) atoms. The van der Waals surface area contributed by atoms with Crippen molar-refractivity contribution >= 4 is 22.2 Å². The van der Waals surface area contributed by atoms with Crippen LogP contribution in [0.1, 0.15) is 12.6 Å². The van der Waals surface area contributed by atoms with E-state index in [2.05, 4.69) is 43.0 Å². The second kappa shape index (κ2) is 9.36. The maximum atomic E-state index is 5.67.